The first-order valence-electron chi connectivity index (χ1n) is 9.86. The summed E-state index contributed by atoms with van der Waals surface area (Å²) in [5.74, 6) is -0.840. The molecule has 160 valence electrons. The van der Waals surface area contributed by atoms with E-state index in [1.807, 2.05) is 0 Å². The molecule has 0 aromatic heterocycles. The molecule has 0 atom stereocenters. The van der Waals surface area contributed by atoms with Gasteiger partial charge in [0.2, 0.25) is 0 Å². The first-order valence-corrected chi connectivity index (χ1v) is 10.2. The second-order valence-electron chi connectivity index (χ2n) is 6.60. The van der Waals surface area contributed by atoms with Crippen LogP contribution in [0.4, 0.5) is 0 Å². The normalized spacial score (nSPS) is 10.2. The lowest BCUT2D eigenvalue weighted by Gasteiger charge is -2.10. The van der Waals surface area contributed by atoms with Gasteiger partial charge in [-0.3, -0.25) is 25.2 Å². The molecule has 3 amide bonds. The van der Waals surface area contributed by atoms with E-state index in [0.717, 1.165) is 12.8 Å². The lowest BCUT2D eigenvalue weighted by atomic mass is 10.2. The third-order valence-electron chi connectivity index (χ3n) is 4.23. The summed E-state index contributed by atoms with van der Waals surface area (Å²) in [7, 11) is 0. The first-order chi connectivity index (χ1) is 14.5. The molecule has 0 bridgehead atoms. The van der Waals surface area contributed by atoms with Gasteiger partial charge >= 0.3 is 0 Å². The monoisotopic (exact) mass is 431 g/mol. The number of rotatable bonds is 10. The van der Waals surface area contributed by atoms with Crippen molar-refractivity contribution in [2.75, 3.05) is 13.2 Å². The van der Waals surface area contributed by atoms with Crippen molar-refractivity contribution in [2.45, 2.75) is 32.6 Å². The zero-order valence-corrected chi connectivity index (χ0v) is 17.6. The molecule has 30 heavy (non-hydrogen) atoms. The predicted octanol–water partition coefficient (Wildman–Crippen LogP) is 3.49. The van der Waals surface area contributed by atoms with Gasteiger partial charge in [0, 0.05) is 5.56 Å². The van der Waals surface area contributed by atoms with Crippen LogP contribution < -0.4 is 20.9 Å². The summed E-state index contributed by atoms with van der Waals surface area (Å²) in [6, 6.07) is 13.2. The maximum absolute atomic E-state index is 12.1. The van der Waals surface area contributed by atoms with E-state index in [-0.39, 0.29) is 17.1 Å². The Hall–Kier alpha value is -3.06. The largest absolute Gasteiger partial charge is 0.494 e. The molecule has 0 aliphatic heterocycles. The van der Waals surface area contributed by atoms with Gasteiger partial charge in [0.05, 0.1) is 23.7 Å². The number of amides is 3. The number of benzene rings is 2. The predicted molar refractivity (Wildman–Crippen MR) is 115 cm³/mol. The summed E-state index contributed by atoms with van der Waals surface area (Å²) in [6.45, 7) is 2.49. The van der Waals surface area contributed by atoms with Crippen LogP contribution in [0.15, 0.2) is 48.5 Å². The lowest BCUT2D eigenvalue weighted by molar-refractivity contribution is -0.120. The molecule has 8 heteroatoms. The summed E-state index contributed by atoms with van der Waals surface area (Å²) in [5.41, 5.74) is 5.19. The van der Waals surface area contributed by atoms with Crippen molar-refractivity contribution >= 4 is 29.3 Å². The number of nitrogens with one attached hydrogen (secondary N) is 3. The standard InChI is InChI=1S/C22H26ClN3O4/c1-2-3-4-7-14-30-17-12-10-16(11-13-17)21(28)26-25-20(27)15-24-22(29)18-8-5-6-9-19(18)23/h5-6,8-13H,2-4,7,14-15H2,1H3,(H,24,29)(H,25,27)(H,26,28). The van der Waals surface area contributed by atoms with E-state index in [1.54, 1.807) is 48.5 Å². The van der Waals surface area contributed by atoms with E-state index < -0.39 is 17.7 Å². The van der Waals surface area contributed by atoms with Gasteiger partial charge in [0.1, 0.15) is 5.75 Å². The number of hydrogen-bond acceptors (Lipinski definition) is 4. The van der Waals surface area contributed by atoms with Crippen LogP contribution in [0.1, 0.15) is 53.3 Å². The Balaban J connectivity index is 1.71. The van der Waals surface area contributed by atoms with E-state index >= 15 is 0 Å². The summed E-state index contributed by atoms with van der Waals surface area (Å²) in [4.78, 5) is 36.0. The van der Waals surface area contributed by atoms with Crippen LogP contribution in [0.3, 0.4) is 0 Å². The molecule has 2 aromatic carbocycles. The van der Waals surface area contributed by atoms with Crippen molar-refractivity contribution in [2.24, 2.45) is 0 Å². The molecule has 2 aromatic rings. The quantitative estimate of drug-likeness (QED) is 0.396. The minimum absolute atomic E-state index is 0.267. The fraction of sp³-hybridized carbons (Fsp3) is 0.318. The Morgan fingerprint density at radius 2 is 1.63 bits per heavy atom. The third-order valence-corrected chi connectivity index (χ3v) is 4.56. The van der Waals surface area contributed by atoms with Gasteiger partial charge in [0.15, 0.2) is 0 Å². The number of ether oxygens (including phenoxy) is 1. The van der Waals surface area contributed by atoms with Crippen LogP contribution in [0.25, 0.3) is 0 Å². The second-order valence-corrected chi connectivity index (χ2v) is 7.01. The zero-order chi connectivity index (χ0) is 21.8. The number of carbonyl (C=O) groups excluding carboxylic acids is 3. The Kier molecular flexibility index (Phi) is 9.67. The van der Waals surface area contributed by atoms with E-state index in [0.29, 0.717) is 17.9 Å². The molecule has 0 aliphatic rings. The third kappa shape index (κ3) is 7.75. The number of hydrazine groups is 1. The number of hydrogen-bond donors (Lipinski definition) is 3. The summed E-state index contributed by atoms with van der Waals surface area (Å²) < 4.78 is 5.63. The van der Waals surface area contributed by atoms with Crippen molar-refractivity contribution in [3.05, 3.63) is 64.7 Å². The minimum atomic E-state index is -0.573. The average Bonchev–Trinajstić information content (AvgIpc) is 2.76. The van der Waals surface area contributed by atoms with Crippen LogP contribution in [0.2, 0.25) is 5.02 Å². The number of carbonyl (C=O) groups is 3. The van der Waals surface area contributed by atoms with Crippen molar-refractivity contribution in [3.8, 4) is 5.75 Å². The van der Waals surface area contributed by atoms with Gasteiger partial charge in [-0.25, -0.2) is 0 Å². The van der Waals surface area contributed by atoms with Crippen LogP contribution in [-0.4, -0.2) is 30.9 Å². The van der Waals surface area contributed by atoms with E-state index in [4.69, 9.17) is 16.3 Å². The molecule has 0 saturated carbocycles. The van der Waals surface area contributed by atoms with Gasteiger partial charge in [-0.1, -0.05) is 49.9 Å². The van der Waals surface area contributed by atoms with Crippen LogP contribution in [0, 0.1) is 0 Å². The molecule has 0 unspecified atom stereocenters. The first kappa shape index (κ1) is 23.2. The van der Waals surface area contributed by atoms with Gasteiger partial charge < -0.3 is 10.1 Å². The minimum Gasteiger partial charge on any atom is -0.494 e. The summed E-state index contributed by atoms with van der Waals surface area (Å²) >= 11 is 5.94. The highest BCUT2D eigenvalue weighted by atomic mass is 35.5. The molecule has 0 aliphatic carbocycles. The molecule has 0 saturated heterocycles. The Morgan fingerprint density at radius 3 is 2.33 bits per heavy atom. The molecule has 0 spiro atoms. The zero-order valence-electron chi connectivity index (χ0n) is 16.9. The highest BCUT2D eigenvalue weighted by Crippen LogP contribution is 2.14. The van der Waals surface area contributed by atoms with Gasteiger partial charge in [0.25, 0.3) is 17.7 Å². The molecule has 2 rings (SSSR count). The molecular weight excluding hydrogens is 406 g/mol. The fourth-order valence-electron chi connectivity index (χ4n) is 2.57. The van der Waals surface area contributed by atoms with Crippen molar-refractivity contribution in [3.63, 3.8) is 0 Å². The van der Waals surface area contributed by atoms with Crippen LogP contribution in [0.5, 0.6) is 5.75 Å². The van der Waals surface area contributed by atoms with Crippen LogP contribution >= 0.6 is 11.6 Å². The fourth-order valence-corrected chi connectivity index (χ4v) is 2.79. The van der Waals surface area contributed by atoms with Crippen molar-refractivity contribution in [1.29, 1.82) is 0 Å². The molecule has 0 radical (unpaired) electrons. The topological polar surface area (TPSA) is 96.5 Å². The SMILES string of the molecule is CCCCCCOc1ccc(C(=O)NNC(=O)CNC(=O)c2ccccc2Cl)cc1. The maximum atomic E-state index is 12.1. The maximum Gasteiger partial charge on any atom is 0.269 e. The second kappa shape index (κ2) is 12.5. The molecule has 7 nitrogen and oxygen atoms in total. The van der Waals surface area contributed by atoms with Gasteiger partial charge in [-0.05, 0) is 42.8 Å². The van der Waals surface area contributed by atoms with Gasteiger partial charge in [-0.2, -0.15) is 0 Å². The molecule has 0 heterocycles. The number of halogens is 1. The Labute approximate surface area is 181 Å². The van der Waals surface area contributed by atoms with E-state index in [2.05, 4.69) is 23.1 Å². The smallest absolute Gasteiger partial charge is 0.269 e. The summed E-state index contributed by atoms with van der Waals surface area (Å²) in [5, 5.41) is 2.73. The Morgan fingerprint density at radius 1 is 0.900 bits per heavy atom. The lowest BCUT2D eigenvalue weighted by Crippen LogP contribution is -2.46. The van der Waals surface area contributed by atoms with E-state index in [9.17, 15) is 14.4 Å². The number of unbranched alkanes of at least 4 members (excludes halogenated alkanes) is 3. The highest BCUT2D eigenvalue weighted by molar-refractivity contribution is 6.33. The van der Waals surface area contributed by atoms with Gasteiger partial charge in [-0.15, -0.1) is 0 Å². The van der Waals surface area contributed by atoms with E-state index in [1.165, 1.54) is 12.8 Å². The molecule has 3 N–H and O–H groups in total. The Bertz CT molecular complexity index is 856. The van der Waals surface area contributed by atoms with Crippen molar-refractivity contribution < 1.29 is 19.1 Å². The molecular formula is C22H26ClN3O4. The molecule has 0 fully saturated rings. The summed E-state index contributed by atoms with van der Waals surface area (Å²) in [6.07, 6.45) is 4.50. The average molecular weight is 432 g/mol. The van der Waals surface area contributed by atoms with Crippen molar-refractivity contribution in [1.82, 2.24) is 16.2 Å². The highest BCUT2D eigenvalue weighted by Gasteiger charge is 2.12. The van der Waals surface area contributed by atoms with Crippen LogP contribution in [-0.2, 0) is 4.79 Å².